The van der Waals surface area contributed by atoms with Crippen molar-refractivity contribution in [3.63, 3.8) is 0 Å². The minimum atomic E-state index is -0.373. The summed E-state index contributed by atoms with van der Waals surface area (Å²) < 4.78 is 4.42. The quantitative estimate of drug-likeness (QED) is 0.283. The molecule has 0 atom stereocenters. The third-order valence-corrected chi connectivity index (χ3v) is 0.348. The van der Waals surface area contributed by atoms with Crippen LogP contribution in [0.25, 0.3) is 0 Å². The number of carbonyl (C=O) groups excluding carboxylic acids is 1. The monoisotopic (exact) mass is 108 g/mol. The summed E-state index contributed by atoms with van der Waals surface area (Å²) in [5, 5.41) is 0. The summed E-state index contributed by atoms with van der Waals surface area (Å²) >= 11 is 0. The van der Waals surface area contributed by atoms with Gasteiger partial charge in [-0.1, -0.05) is 6.47 Å². The van der Waals surface area contributed by atoms with Crippen molar-refractivity contribution in [1.82, 2.24) is 0 Å². The van der Waals surface area contributed by atoms with Gasteiger partial charge in [-0.2, -0.15) is 0 Å². The first-order valence-corrected chi connectivity index (χ1v) is 2.11. The van der Waals surface area contributed by atoms with Gasteiger partial charge in [-0.15, -0.1) is 0 Å². The fraction of sp³-hybridized carbons (Fsp3) is 0.800. The van der Waals surface area contributed by atoms with E-state index in [4.69, 9.17) is 0 Å². The number of rotatable bonds is 1. The molecule has 0 aliphatic carbocycles. The summed E-state index contributed by atoms with van der Waals surface area (Å²) in [4.78, 5) is 9.47. The Bertz CT molecular complexity index is 65.3. The summed E-state index contributed by atoms with van der Waals surface area (Å²) in [6, 6.07) is 0. The maximum absolute atomic E-state index is 9.47. The molecule has 0 amide bonds. The number of hydrogen-bond acceptors (Lipinski definition) is 2. The molecule has 0 saturated carbocycles. The van der Waals surface area contributed by atoms with E-state index in [1.165, 1.54) is 6.47 Å². The molecule has 0 aliphatic rings. The molecule has 3 heteroatoms. The van der Waals surface area contributed by atoms with E-state index < -0.39 is 0 Å². The van der Waals surface area contributed by atoms with E-state index in [1.807, 2.05) is 0 Å². The first-order valence-electron chi connectivity index (χ1n) is 2.11. The second-order valence-electron chi connectivity index (χ2n) is 2.30. The van der Waals surface area contributed by atoms with Crippen LogP contribution in [0.1, 0.15) is 20.8 Å². The maximum Gasteiger partial charge on any atom is 1.00 e. The van der Waals surface area contributed by atoms with Crippen LogP contribution < -0.4 is 18.9 Å². The molecule has 0 aromatic heterocycles. The zero-order valence-corrected chi connectivity index (χ0v) is 5.82. The molecule has 0 aliphatic heterocycles. The van der Waals surface area contributed by atoms with Crippen LogP contribution in [-0.4, -0.2) is 12.1 Å². The Hall–Kier alpha value is 0.0674. The molecule has 0 radical (unpaired) electrons. The average Bonchev–Trinajstić information content (AvgIpc) is 1.30. The fourth-order valence-electron chi connectivity index (χ4n) is 0.125. The Morgan fingerprint density at radius 3 is 1.75 bits per heavy atom. The van der Waals surface area contributed by atoms with Crippen molar-refractivity contribution >= 4 is 6.47 Å². The Labute approximate surface area is 61.8 Å². The van der Waals surface area contributed by atoms with Crippen LogP contribution in [0, 0.1) is 0 Å². The Morgan fingerprint density at radius 2 is 1.75 bits per heavy atom. The molecule has 0 spiro atoms. The summed E-state index contributed by atoms with van der Waals surface area (Å²) in [5.41, 5.74) is -0.373. The van der Waals surface area contributed by atoms with E-state index in [1.54, 1.807) is 20.8 Å². The fourth-order valence-corrected chi connectivity index (χ4v) is 0.125. The topological polar surface area (TPSA) is 26.3 Å². The first kappa shape index (κ1) is 10.9. The van der Waals surface area contributed by atoms with Crippen molar-refractivity contribution in [3.05, 3.63) is 0 Å². The van der Waals surface area contributed by atoms with E-state index in [0.717, 1.165) is 0 Å². The summed E-state index contributed by atoms with van der Waals surface area (Å²) in [6.07, 6.45) is 0. The summed E-state index contributed by atoms with van der Waals surface area (Å²) in [6.45, 7) is 6.73. The molecule has 0 bridgehead atoms. The van der Waals surface area contributed by atoms with Gasteiger partial charge in [0.1, 0.15) is 0 Å². The Kier molecular flexibility index (Phi) is 5.47. The van der Waals surface area contributed by atoms with E-state index in [2.05, 4.69) is 4.74 Å². The second-order valence-corrected chi connectivity index (χ2v) is 2.30. The first-order chi connectivity index (χ1) is 3.06. The molecular weight excluding hydrogens is 99.0 g/mol. The smallest absolute Gasteiger partial charge is 0.649 e. The van der Waals surface area contributed by atoms with Gasteiger partial charge in [0.25, 0.3) is 0 Å². The normalized spacial score (nSPS) is 9.38. The van der Waals surface area contributed by atoms with Gasteiger partial charge in [-0.05, 0) is 20.8 Å². The zero-order chi connectivity index (χ0) is 5.91. The molecule has 0 N–H and O–H groups in total. The molecular formula is C5H9LiO2. The molecule has 0 saturated heterocycles. The van der Waals surface area contributed by atoms with Crippen molar-refractivity contribution in [2.45, 2.75) is 26.4 Å². The zero-order valence-electron chi connectivity index (χ0n) is 5.82. The van der Waals surface area contributed by atoms with Gasteiger partial charge in [0.2, 0.25) is 0 Å². The molecule has 8 heavy (non-hydrogen) atoms. The maximum atomic E-state index is 9.47. The molecule has 0 fully saturated rings. The predicted octanol–water partition coefficient (Wildman–Crippen LogP) is -2.13. The number of hydrogen-bond donors (Lipinski definition) is 0. The molecule has 0 rings (SSSR count). The van der Waals surface area contributed by atoms with E-state index in [9.17, 15) is 4.79 Å². The van der Waals surface area contributed by atoms with Crippen molar-refractivity contribution in [3.8, 4) is 0 Å². The minimum absolute atomic E-state index is 0. The van der Waals surface area contributed by atoms with Gasteiger partial charge in [0.05, 0.1) is 5.60 Å². The van der Waals surface area contributed by atoms with Gasteiger partial charge in [0, 0.05) is 0 Å². The van der Waals surface area contributed by atoms with Crippen LogP contribution in [0.4, 0.5) is 0 Å². The standard InChI is InChI=1S/C5H9O2.Li/c1-5(2,3)7-4-6;/h1-3H3;/q-1;+1. The van der Waals surface area contributed by atoms with Crippen molar-refractivity contribution in [2.75, 3.05) is 0 Å². The molecule has 42 valence electrons. The van der Waals surface area contributed by atoms with E-state index >= 15 is 0 Å². The van der Waals surface area contributed by atoms with E-state index in [0.29, 0.717) is 0 Å². The third-order valence-electron chi connectivity index (χ3n) is 0.348. The average molecular weight is 108 g/mol. The second kappa shape index (κ2) is 4.00. The third kappa shape index (κ3) is 9.42. The summed E-state index contributed by atoms with van der Waals surface area (Å²) in [5.74, 6) is 0. The molecule has 0 heterocycles. The summed E-state index contributed by atoms with van der Waals surface area (Å²) in [7, 11) is 0. The Balaban J connectivity index is 0. The van der Waals surface area contributed by atoms with Gasteiger partial charge >= 0.3 is 18.9 Å². The van der Waals surface area contributed by atoms with Crippen LogP contribution in [0.3, 0.4) is 0 Å². The van der Waals surface area contributed by atoms with Crippen LogP contribution >= 0.6 is 0 Å². The molecule has 0 aromatic carbocycles. The van der Waals surface area contributed by atoms with Crippen LogP contribution in [-0.2, 0) is 9.53 Å². The van der Waals surface area contributed by atoms with Crippen molar-refractivity contribution < 1.29 is 28.4 Å². The minimum Gasteiger partial charge on any atom is -0.649 e. The van der Waals surface area contributed by atoms with Gasteiger partial charge in [-0.3, -0.25) is 0 Å². The van der Waals surface area contributed by atoms with Crippen LogP contribution in [0.15, 0.2) is 0 Å². The van der Waals surface area contributed by atoms with Crippen LogP contribution in [0.5, 0.6) is 0 Å². The molecule has 0 unspecified atom stereocenters. The Morgan fingerprint density at radius 1 is 1.38 bits per heavy atom. The van der Waals surface area contributed by atoms with Crippen molar-refractivity contribution in [1.29, 1.82) is 0 Å². The largest absolute Gasteiger partial charge is 1.00 e. The predicted molar refractivity (Wildman–Crippen MR) is 26.5 cm³/mol. The van der Waals surface area contributed by atoms with E-state index in [-0.39, 0.29) is 24.5 Å². The molecule has 0 aromatic rings. The van der Waals surface area contributed by atoms with Crippen LogP contribution in [0.2, 0.25) is 0 Å². The number of ether oxygens (including phenoxy) is 1. The van der Waals surface area contributed by atoms with Crippen molar-refractivity contribution in [2.24, 2.45) is 0 Å². The van der Waals surface area contributed by atoms with Gasteiger partial charge < -0.3 is 9.53 Å². The molecule has 2 nitrogen and oxygen atoms in total. The van der Waals surface area contributed by atoms with Gasteiger partial charge in [-0.25, -0.2) is 0 Å². The van der Waals surface area contributed by atoms with Gasteiger partial charge in [0.15, 0.2) is 0 Å². The SMILES string of the molecule is CC(C)(C)O[C-]=O.[Li+].